The summed E-state index contributed by atoms with van der Waals surface area (Å²) in [5.74, 6) is -1.11. The van der Waals surface area contributed by atoms with E-state index in [1.54, 1.807) is 0 Å². The van der Waals surface area contributed by atoms with Crippen molar-refractivity contribution >= 4 is 11.8 Å². The van der Waals surface area contributed by atoms with E-state index in [0.29, 0.717) is 0 Å². The quantitative estimate of drug-likeness (QED) is 0.822. The van der Waals surface area contributed by atoms with Gasteiger partial charge in [0.15, 0.2) is 17.8 Å². The minimum absolute atomic E-state index is 0.0178. The Hall–Kier alpha value is -2.78. The van der Waals surface area contributed by atoms with E-state index < -0.39 is 24.0 Å². The number of rotatable bonds is 4. The summed E-state index contributed by atoms with van der Waals surface area (Å²) in [6, 6.07) is -0.415. The maximum absolute atomic E-state index is 13.7. The lowest BCUT2D eigenvalue weighted by molar-refractivity contribution is 0.0708. The average molecular weight is 308 g/mol. The van der Waals surface area contributed by atoms with Crippen molar-refractivity contribution in [1.82, 2.24) is 24.9 Å². The molecule has 1 aliphatic heterocycles. The Bertz CT molecular complexity index is 685. The predicted molar refractivity (Wildman–Crippen MR) is 69.4 cm³/mol. The standard InChI is InChI=1S/C12H13FN6O3/c13-7-1-8(3-18-4-9(11(14)20)16-17-18)19(2-7)12(21)10-5-22-6-15-10/h4-8H,1-3H2,(H2,14,20)/t7-,8-/m0/s1. The number of halogens is 1. The van der Waals surface area contributed by atoms with Gasteiger partial charge in [-0.05, 0) is 0 Å². The van der Waals surface area contributed by atoms with Crippen LogP contribution in [-0.2, 0) is 6.54 Å². The lowest BCUT2D eigenvalue weighted by atomic mass is 10.2. The zero-order chi connectivity index (χ0) is 15.7. The number of carbonyl (C=O) groups excluding carboxylic acids is 2. The molecular formula is C12H13FN6O3. The van der Waals surface area contributed by atoms with Gasteiger partial charge in [-0.1, -0.05) is 5.21 Å². The summed E-state index contributed by atoms with van der Waals surface area (Å²) in [6.07, 6.45) is 2.77. The second kappa shape index (κ2) is 5.54. The molecule has 10 heteroatoms. The fourth-order valence-electron chi connectivity index (χ4n) is 2.46. The lowest BCUT2D eigenvalue weighted by Crippen LogP contribution is -2.38. The molecule has 0 saturated carbocycles. The molecule has 0 bridgehead atoms. The first kappa shape index (κ1) is 14.2. The highest BCUT2D eigenvalue weighted by atomic mass is 19.1. The molecule has 2 amide bonds. The first-order valence-electron chi connectivity index (χ1n) is 6.57. The topological polar surface area (TPSA) is 120 Å². The van der Waals surface area contributed by atoms with Crippen molar-refractivity contribution in [3.8, 4) is 0 Å². The number of alkyl halides is 1. The van der Waals surface area contributed by atoms with Gasteiger partial charge in [-0.15, -0.1) is 5.10 Å². The molecule has 9 nitrogen and oxygen atoms in total. The molecule has 2 aromatic rings. The van der Waals surface area contributed by atoms with Gasteiger partial charge in [0.2, 0.25) is 0 Å². The molecule has 0 spiro atoms. The fraction of sp³-hybridized carbons (Fsp3) is 0.417. The van der Waals surface area contributed by atoms with Crippen molar-refractivity contribution in [2.24, 2.45) is 5.73 Å². The molecule has 0 aliphatic carbocycles. The molecule has 3 heterocycles. The molecule has 2 atom stereocenters. The van der Waals surface area contributed by atoms with E-state index in [0.717, 1.165) is 6.39 Å². The van der Waals surface area contributed by atoms with E-state index in [-0.39, 0.29) is 30.9 Å². The summed E-state index contributed by atoms with van der Waals surface area (Å²) < 4.78 is 19.8. The van der Waals surface area contributed by atoms with Crippen molar-refractivity contribution in [2.45, 2.75) is 25.2 Å². The molecule has 22 heavy (non-hydrogen) atoms. The molecule has 1 saturated heterocycles. The van der Waals surface area contributed by atoms with E-state index in [1.165, 1.54) is 22.0 Å². The number of amides is 2. The summed E-state index contributed by atoms with van der Waals surface area (Å²) in [5.41, 5.74) is 5.24. The van der Waals surface area contributed by atoms with Crippen LogP contribution in [0.1, 0.15) is 27.4 Å². The number of primary amides is 1. The van der Waals surface area contributed by atoms with Crippen LogP contribution in [0, 0.1) is 0 Å². The highest BCUT2D eigenvalue weighted by Gasteiger charge is 2.37. The van der Waals surface area contributed by atoms with Crippen LogP contribution in [0.3, 0.4) is 0 Å². The van der Waals surface area contributed by atoms with E-state index in [9.17, 15) is 14.0 Å². The monoisotopic (exact) mass is 308 g/mol. The van der Waals surface area contributed by atoms with Crippen molar-refractivity contribution in [1.29, 1.82) is 0 Å². The van der Waals surface area contributed by atoms with Gasteiger partial charge >= 0.3 is 0 Å². The van der Waals surface area contributed by atoms with Crippen molar-refractivity contribution in [3.63, 3.8) is 0 Å². The highest BCUT2D eigenvalue weighted by Crippen LogP contribution is 2.23. The Morgan fingerprint density at radius 1 is 1.45 bits per heavy atom. The minimum Gasteiger partial charge on any atom is -0.451 e. The van der Waals surface area contributed by atoms with Crippen LogP contribution in [0.25, 0.3) is 0 Å². The molecule has 2 aromatic heterocycles. The average Bonchev–Trinajstić information content (AvgIpc) is 3.18. The Morgan fingerprint density at radius 2 is 2.27 bits per heavy atom. The zero-order valence-electron chi connectivity index (χ0n) is 11.4. The minimum atomic E-state index is -1.13. The van der Waals surface area contributed by atoms with Gasteiger partial charge in [0.05, 0.1) is 25.3 Å². The molecule has 0 unspecified atom stereocenters. The van der Waals surface area contributed by atoms with E-state index in [2.05, 4.69) is 15.3 Å². The Balaban J connectivity index is 1.75. The Morgan fingerprint density at radius 3 is 2.91 bits per heavy atom. The largest absolute Gasteiger partial charge is 0.451 e. The second-order valence-corrected chi connectivity index (χ2v) is 5.01. The molecule has 0 radical (unpaired) electrons. The smallest absolute Gasteiger partial charge is 0.276 e. The van der Waals surface area contributed by atoms with Gasteiger partial charge in [-0.3, -0.25) is 9.59 Å². The number of nitrogens with two attached hydrogens (primary N) is 1. The van der Waals surface area contributed by atoms with E-state index >= 15 is 0 Å². The van der Waals surface area contributed by atoms with Gasteiger partial charge in [-0.2, -0.15) is 0 Å². The molecule has 1 aliphatic rings. The predicted octanol–water partition coefficient (Wildman–Crippen LogP) is -0.382. The third kappa shape index (κ3) is 2.67. The maximum atomic E-state index is 13.7. The number of hydrogen-bond acceptors (Lipinski definition) is 6. The molecule has 1 fully saturated rings. The fourth-order valence-corrected chi connectivity index (χ4v) is 2.46. The van der Waals surface area contributed by atoms with Gasteiger partial charge < -0.3 is 15.1 Å². The summed E-state index contributed by atoms with van der Waals surface area (Å²) in [7, 11) is 0. The number of likely N-dealkylation sites (tertiary alicyclic amines) is 1. The van der Waals surface area contributed by atoms with Gasteiger partial charge in [-0.25, -0.2) is 14.1 Å². The van der Waals surface area contributed by atoms with Crippen LogP contribution in [0.5, 0.6) is 0 Å². The molecule has 2 N–H and O–H groups in total. The van der Waals surface area contributed by atoms with E-state index in [1.807, 2.05) is 0 Å². The third-order valence-electron chi connectivity index (χ3n) is 3.46. The first-order valence-corrected chi connectivity index (χ1v) is 6.57. The second-order valence-electron chi connectivity index (χ2n) is 5.01. The SMILES string of the molecule is NC(=O)c1cn(C[C@@H]2C[C@H](F)CN2C(=O)c2cocn2)nn1. The Kier molecular flexibility index (Phi) is 3.57. The summed E-state index contributed by atoms with van der Waals surface area (Å²) in [4.78, 5) is 28.4. The molecule has 3 rings (SSSR count). The Labute approximate surface area is 123 Å². The lowest BCUT2D eigenvalue weighted by Gasteiger charge is -2.22. The van der Waals surface area contributed by atoms with Gasteiger partial charge in [0, 0.05) is 6.42 Å². The van der Waals surface area contributed by atoms with Crippen molar-refractivity contribution in [2.75, 3.05) is 6.54 Å². The molecule has 116 valence electrons. The number of aromatic nitrogens is 4. The number of oxazole rings is 1. The van der Waals surface area contributed by atoms with Crippen LogP contribution in [-0.4, -0.2) is 55.5 Å². The van der Waals surface area contributed by atoms with Crippen LogP contribution in [0.2, 0.25) is 0 Å². The normalized spacial score (nSPS) is 21.2. The number of hydrogen-bond donors (Lipinski definition) is 1. The van der Waals surface area contributed by atoms with Gasteiger partial charge in [0.1, 0.15) is 12.4 Å². The summed E-state index contributed by atoms with van der Waals surface area (Å²) >= 11 is 0. The zero-order valence-corrected chi connectivity index (χ0v) is 11.4. The first-order chi connectivity index (χ1) is 10.5. The van der Waals surface area contributed by atoms with Crippen molar-refractivity contribution in [3.05, 3.63) is 30.2 Å². The van der Waals surface area contributed by atoms with Gasteiger partial charge in [0.25, 0.3) is 11.8 Å². The summed E-state index contributed by atoms with van der Waals surface area (Å²) in [6.45, 7) is 0.192. The maximum Gasteiger partial charge on any atom is 0.276 e. The molecule has 0 aromatic carbocycles. The third-order valence-corrected chi connectivity index (χ3v) is 3.46. The van der Waals surface area contributed by atoms with Crippen LogP contribution < -0.4 is 5.73 Å². The van der Waals surface area contributed by atoms with Crippen LogP contribution >= 0.6 is 0 Å². The number of carbonyl (C=O) groups is 2. The van der Waals surface area contributed by atoms with E-state index in [4.69, 9.17) is 10.2 Å². The summed E-state index contributed by atoms with van der Waals surface area (Å²) in [5, 5.41) is 7.36. The van der Waals surface area contributed by atoms with Crippen molar-refractivity contribution < 1.29 is 18.4 Å². The van der Waals surface area contributed by atoms with Crippen LogP contribution in [0.4, 0.5) is 4.39 Å². The number of nitrogens with zero attached hydrogens (tertiary/aromatic N) is 5. The molecular weight excluding hydrogens is 295 g/mol. The van der Waals surface area contributed by atoms with Crippen LogP contribution in [0.15, 0.2) is 23.3 Å². The highest BCUT2D eigenvalue weighted by molar-refractivity contribution is 5.92.